The number of rotatable bonds is 4. The normalized spacial score (nSPS) is 18.8. The Morgan fingerprint density at radius 2 is 1.17 bits per heavy atom. The molecule has 2 aliphatic rings. The summed E-state index contributed by atoms with van der Waals surface area (Å²) in [7, 11) is 5.62. The molecule has 2 atom stereocenters. The minimum absolute atomic E-state index is 0.210. The first-order valence-corrected chi connectivity index (χ1v) is 11.4. The molecule has 0 spiro atoms. The molecule has 3 rings (SSSR count). The molecule has 242 valence electrons. The van der Waals surface area contributed by atoms with Gasteiger partial charge in [-0.2, -0.15) is 44.6 Å². The first-order chi connectivity index (χ1) is 18.9. The second-order valence-corrected chi connectivity index (χ2v) is 8.87. The van der Waals surface area contributed by atoms with Crippen molar-refractivity contribution in [2.75, 3.05) is 33.7 Å². The minimum Gasteiger partial charge on any atom is -0.475 e. The number of carboxylic acid groups (broad SMARTS) is 3. The predicted molar refractivity (Wildman–Crippen MR) is 122 cm³/mol. The van der Waals surface area contributed by atoms with Gasteiger partial charge < -0.3 is 20.2 Å². The van der Waals surface area contributed by atoms with Gasteiger partial charge in [0.2, 0.25) is 5.91 Å². The molecule has 21 heteroatoms. The molecular formula is C21H28F9N5O7. The van der Waals surface area contributed by atoms with E-state index in [0.29, 0.717) is 18.6 Å². The second-order valence-electron chi connectivity index (χ2n) is 8.87. The SMILES string of the molecule is CN(C)C(=O)CN1CCC2C1CCN2Cc1cnn(C)c1.O=C(O)C(F)(F)F.O=C(O)C(F)(F)F.O=C(O)C(F)(F)F. The summed E-state index contributed by atoms with van der Waals surface area (Å²) in [5.41, 5.74) is 1.28. The van der Waals surface area contributed by atoms with E-state index in [9.17, 15) is 44.3 Å². The van der Waals surface area contributed by atoms with Crippen molar-refractivity contribution >= 4 is 23.8 Å². The van der Waals surface area contributed by atoms with Crippen LogP contribution < -0.4 is 0 Å². The summed E-state index contributed by atoms with van der Waals surface area (Å²) in [5.74, 6) is -8.06. The number of likely N-dealkylation sites (tertiary alicyclic amines) is 2. The van der Waals surface area contributed by atoms with Crippen LogP contribution in [0.3, 0.4) is 0 Å². The summed E-state index contributed by atoms with van der Waals surface area (Å²) in [6, 6.07) is 1.14. The lowest BCUT2D eigenvalue weighted by Gasteiger charge is -2.25. The van der Waals surface area contributed by atoms with Crippen LogP contribution in [0.1, 0.15) is 18.4 Å². The first kappa shape index (κ1) is 38.4. The quantitative estimate of drug-likeness (QED) is 0.420. The molecule has 2 saturated heterocycles. The van der Waals surface area contributed by atoms with E-state index >= 15 is 0 Å². The molecule has 3 heterocycles. The molecule has 2 aliphatic heterocycles. The van der Waals surface area contributed by atoms with E-state index in [0.717, 1.165) is 19.6 Å². The zero-order valence-electron chi connectivity index (χ0n) is 22.2. The highest BCUT2D eigenvalue weighted by Gasteiger charge is 2.43. The summed E-state index contributed by atoms with van der Waals surface area (Å²) in [4.78, 5) is 45.2. The molecule has 3 N–H and O–H groups in total. The van der Waals surface area contributed by atoms with Gasteiger partial charge in [-0.25, -0.2) is 14.4 Å². The highest BCUT2D eigenvalue weighted by atomic mass is 19.4. The van der Waals surface area contributed by atoms with E-state index in [2.05, 4.69) is 21.1 Å². The summed E-state index contributed by atoms with van der Waals surface area (Å²) >= 11 is 0. The van der Waals surface area contributed by atoms with Crippen LogP contribution in [0.4, 0.5) is 39.5 Å². The standard InChI is InChI=1S/C15H25N5O.3C2HF3O2/c1-17(2)15(21)11-20-7-5-13-14(20)4-6-19(13)10-12-8-16-18(3)9-12;3*3-2(4,5)1(6)7/h8-9,13-14H,4-7,10-11H2,1-3H3;3*(H,6,7). The number of halogens is 9. The molecule has 12 nitrogen and oxygen atoms in total. The van der Waals surface area contributed by atoms with Crippen LogP contribution in [0.25, 0.3) is 0 Å². The number of aliphatic carboxylic acids is 3. The Kier molecular flexibility index (Phi) is 14.2. The number of hydrogen-bond donors (Lipinski definition) is 3. The van der Waals surface area contributed by atoms with E-state index < -0.39 is 36.4 Å². The van der Waals surface area contributed by atoms with E-state index in [1.165, 1.54) is 18.4 Å². The Bertz CT molecular complexity index is 1000. The third-order valence-corrected chi connectivity index (χ3v) is 5.52. The lowest BCUT2D eigenvalue weighted by molar-refractivity contribution is -0.193. The van der Waals surface area contributed by atoms with Crippen molar-refractivity contribution in [2.45, 2.75) is 50.0 Å². The fourth-order valence-electron chi connectivity index (χ4n) is 3.66. The number of carbonyl (C=O) groups excluding carboxylic acids is 1. The fourth-order valence-corrected chi connectivity index (χ4v) is 3.66. The van der Waals surface area contributed by atoms with Gasteiger partial charge in [0.1, 0.15) is 0 Å². The number of likely N-dealkylation sites (N-methyl/N-ethyl adjacent to an activating group) is 1. The molecule has 0 radical (unpaired) electrons. The Labute approximate surface area is 231 Å². The predicted octanol–water partition coefficient (Wildman–Crippen LogP) is 2.06. The number of carbonyl (C=O) groups is 4. The van der Waals surface area contributed by atoms with Crippen LogP contribution in [0, 0.1) is 0 Å². The van der Waals surface area contributed by atoms with Gasteiger partial charge in [-0.1, -0.05) is 0 Å². The number of amides is 1. The minimum atomic E-state index is -5.08. The molecule has 2 fully saturated rings. The zero-order valence-corrected chi connectivity index (χ0v) is 22.2. The summed E-state index contributed by atoms with van der Waals surface area (Å²) in [5, 5.41) is 25.6. The molecule has 1 aromatic rings. The van der Waals surface area contributed by atoms with Crippen LogP contribution in [-0.2, 0) is 32.8 Å². The maximum Gasteiger partial charge on any atom is 0.490 e. The smallest absolute Gasteiger partial charge is 0.475 e. The molecule has 42 heavy (non-hydrogen) atoms. The molecule has 0 aromatic carbocycles. The van der Waals surface area contributed by atoms with Crippen molar-refractivity contribution in [3.8, 4) is 0 Å². The molecule has 0 bridgehead atoms. The topological polar surface area (TPSA) is 157 Å². The van der Waals surface area contributed by atoms with Crippen LogP contribution in [0.15, 0.2) is 12.4 Å². The Morgan fingerprint density at radius 3 is 1.48 bits per heavy atom. The van der Waals surface area contributed by atoms with Crippen LogP contribution in [0.5, 0.6) is 0 Å². The van der Waals surface area contributed by atoms with Crippen molar-refractivity contribution in [2.24, 2.45) is 7.05 Å². The number of carboxylic acids is 3. The lowest BCUT2D eigenvalue weighted by Crippen LogP contribution is -2.41. The lowest BCUT2D eigenvalue weighted by atomic mass is 10.1. The third kappa shape index (κ3) is 13.8. The average Bonchev–Trinajstić information content (AvgIpc) is 3.52. The maximum atomic E-state index is 11.9. The fraction of sp³-hybridized carbons (Fsp3) is 0.667. The summed E-state index contributed by atoms with van der Waals surface area (Å²) in [6.07, 6.45) is -8.86. The third-order valence-electron chi connectivity index (χ3n) is 5.52. The van der Waals surface area contributed by atoms with Crippen molar-refractivity contribution in [1.29, 1.82) is 0 Å². The monoisotopic (exact) mass is 633 g/mol. The number of aromatic nitrogens is 2. The summed E-state index contributed by atoms with van der Waals surface area (Å²) in [6.45, 7) is 3.70. The van der Waals surface area contributed by atoms with E-state index in [-0.39, 0.29) is 5.91 Å². The highest BCUT2D eigenvalue weighted by Crippen LogP contribution is 2.32. The average molecular weight is 633 g/mol. The zero-order chi connectivity index (χ0) is 33.2. The Morgan fingerprint density at radius 1 is 0.810 bits per heavy atom. The Hall–Kier alpha value is -3.62. The molecule has 1 amide bonds. The molecular weight excluding hydrogens is 605 g/mol. The van der Waals surface area contributed by atoms with Crippen molar-refractivity contribution < 1.29 is 74.0 Å². The van der Waals surface area contributed by atoms with Crippen LogP contribution in [0.2, 0.25) is 0 Å². The van der Waals surface area contributed by atoms with Crippen LogP contribution >= 0.6 is 0 Å². The van der Waals surface area contributed by atoms with Gasteiger partial charge in [0, 0.05) is 64.6 Å². The van der Waals surface area contributed by atoms with Crippen molar-refractivity contribution in [1.82, 2.24) is 24.5 Å². The molecule has 0 saturated carbocycles. The van der Waals surface area contributed by atoms with Gasteiger partial charge in [0.25, 0.3) is 0 Å². The summed E-state index contributed by atoms with van der Waals surface area (Å²) < 4.78 is 97.1. The highest BCUT2D eigenvalue weighted by molar-refractivity contribution is 5.77. The van der Waals surface area contributed by atoms with Crippen molar-refractivity contribution in [3.05, 3.63) is 18.0 Å². The van der Waals surface area contributed by atoms with E-state index in [1.807, 2.05) is 32.0 Å². The number of aryl methyl sites for hydroxylation is 1. The van der Waals surface area contributed by atoms with E-state index in [1.54, 1.807) is 4.90 Å². The van der Waals surface area contributed by atoms with Gasteiger partial charge in [-0.15, -0.1) is 0 Å². The number of alkyl halides is 9. The largest absolute Gasteiger partial charge is 0.490 e. The Balaban J connectivity index is 0.000000660. The number of nitrogens with zero attached hydrogens (tertiary/aromatic N) is 5. The van der Waals surface area contributed by atoms with Crippen LogP contribution in [-0.4, -0.2) is 128 Å². The number of hydrogen-bond acceptors (Lipinski definition) is 7. The van der Waals surface area contributed by atoms with Gasteiger partial charge in [0.15, 0.2) is 0 Å². The number of fused-ring (bicyclic) bond motifs is 1. The second kappa shape index (κ2) is 15.6. The van der Waals surface area contributed by atoms with E-state index in [4.69, 9.17) is 29.7 Å². The molecule has 1 aromatic heterocycles. The van der Waals surface area contributed by atoms with Gasteiger partial charge in [-0.05, 0) is 12.8 Å². The van der Waals surface area contributed by atoms with Crippen molar-refractivity contribution in [3.63, 3.8) is 0 Å². The molecule has 0 aliphatic carbocycles. The van der Waals surface area contributed by atoms with Gasteiger partial charge in [-0.3, -0.25) is 19.3 Å². The van der Waals surface area contributed by atoms with Gasteiger partial charge in [0.05, 0.1) is 12.7 Å². The molecule has 2 unspecified atom stereocenters. The first-order valence-electron chi connectivity index (χ1n) is 11.4. The van der Waals surface area contributed by atoms with Gasteiger partial charge >= 0.3 is 36.4 Å². The maximum absolute atomic E-state index is 11.9.